The summed E-state index contributed by atoms with van der Waals surface area (Å²) in [4.78, 5) is 16.5. The number of phenols is 1. The van der Waals surface area contributed by atoms with Gasteiger partial charge in [-0.2, -0.15) is 0 Å². The van der Waals surface area contributed by atoms with Crippen LogP contribution in [0.4, 0.5) is 11.4 Å². The number of carbonyl (C=O) groups excluding carboxylic acids is 1. The van der Waals surface area contributed by atoms with Crippen molar-refractivity contribution in [3.8, 4) is 5.75 Å². The molecule has 7 nitrogen and oxygen atoms in total. The third-order valence-corrected chi connectivity index (χ3v) is 6.38. The van der Waals surface area contributed by atoms with Gasteiger partial charge in [-0.1, -0.05) is 12.1 Å². The molecule has 2 N–H and O–H groups in total. The van der Waals surface area contributed by atoms with Crippen LogP contribution in [-0.2, 0) is 16.4 Å². The van der Waals surface area contributed by atoms with Crippen molar-refractivity contribution >= 4 is 27.3 Å². The predicted molar refractivity (Wildman–Crippen MR) is 105 cm³/mol. The van der Waals surface area contributed by atoms with Crippen molar-refractivity contribution < 1.29 is 18.3 Å². The maximum absolute atomic E-state index is 13.1. The van der Waals surface area contributed by atoms with E-state index < -0.39 is 10.0 Å². The summed E-state index contributed by atoms with van der Waals surface area (Å²) < 4.78 is 27.6. The first-order chi connectivity index (χ1) is 13.5. The van der Waals surface area contributed by atoms with Gasteiger partial charge in [0.05, 0.1) is 16.3 Å². The number of sulfonamides is 1. The molecule has 0 atom stereocenters. The molecule has 0 saturated heterocycles. The lowest BCUT2D eigenvalue weighted by Crippen LogP contribution is -2.30. The summed E-state index contributed by atoms with van der Waals surface area (Å²) in [5, 5.41) is 12.2. The second kappa shape index (κ2) is 6.97. The van der Waals surface area contributed by atoms with E-state index in [-0.39, 0.29) is 23.1 Å². The van der Waals surface area contributed by atoms with Crippen molar-refractivity contribution in [2.24, 2.45) is 0 Å². The van der Waals surface area contributed by atoms with E-state index in [4.69, 9.17) is 0 Å². The van der Waals surface area contributed by atoms with Crippen molar-refractivity contribution in [1.29, 1.82) is 0 Å². The van der Waals surface area contributed by atoms with Crippen molar-refractivity contribution in [2.45, 2.75) is 11.3 Å². The van der Waals surface area contributed by atoms with Gasteiger partial charge in [0.15, 0.2) is 0 Å². The van der Waals surface area contributed by atoms with Gasteiger partial charge in [0.25, 0.3) is 15.9 Å². The number of benzene rings is 2. The van der Waals surface area contributed by atoms with Crippen molar-refractivity contribution in [3.63, 3.8) is 0 Å². The number of hydrogen-bond donors (Lipinski definition) is 2. The highest BCUT2D eigenvalue weighted by molar-refractivity contribution is 7.92. The van der Waals surface area contributed by atoms with Gasteiger partial charge in [-0.3, -0.25) is 14.1 Å². The summed E-state index contributed by atoms with van der Waals surface area (Å²) in [6, 6.07) is 13.9. The van der Waals surface area contributed by atoms with Crippen LogP contribution < -0.4 is 9.62 Å². The van der Waals surface area contributed by atoms with Gasteiger partial charge in [-0.05, 0) is 54.4 Å². The highest BCUT2D eigenvalue weighted by Gasteiger charge is 2.33. The summed E-state index contributed by atoms with van der Waals surface area (Å²) in [5.41, 5.74) is 2.17. The van der Waals surface area contributed by atoms with Crippen LogP contribution >= 0.6 is 0 Å². The molecule has 28 heavy (non-hydrogen) atoms. The van der Waals surface area contributed by atoms with E-state index in [1.165, 1.54) is 41.0 Å². The fourth-order valence-corrected chi connectivity index (χ4v) is 4.73. The Morgan fingerprint density at radius 2 is 1.75 bits per heavy atom. The average Bonchev–Trinajstić information content (AvgIpc) is 3.15. The van der Waals surface area contributed by atoms with Gasteiger partial charge in [-0.15, -0.1) is 0 Å². The molecule has 1 aliphatic rings. The lowest BCUT2D eigenvalue weighted by molar-refractivity contribution is 0.102. The van der Waals surface area contributed by atoms with E-state index in [2.05, 4.69) is 10.3 Å². The first-order valence-corrected chi connectivity index (χ1v) is 10.1. The number of aromatic nitrogens is 1. The van der Waals surface area contributed by atoms with Crippen LogP contribution in [-0.4, -0.2) is 31.0 Å². The van der Waals surface area contributed by atoms with Crippen molar-refractivity contribution in [3.05, 3.63) is 78.1 Å². The molecule has 2 aromatic carbocycles. The largest absolute Gasteiger partial charge is 0.508 e. The Hall–Kier alpha value is -3.39. The summed E-state index contributed by atoms with van der Waals surface area (Å²) in [6.07, 6.45) is 3.59. The molecule has 1 aliphatic heterocycles. The van der Waals surface area contributed by atoms with Crippen LogP contribution in [0.25, 0.3) is 0 Å². The van der Waals surface area contributed by atoms with Crippen molar-refractivity contribution in [2.75, 3.05) is 16.2 Å². The normalized spacial score (nSPS) is 13.2. The SMILES string of the molecule is O=C(Nc1cccc2c1N(S(=O)(=O)c1ccc(O)cc1)CC2)c1ccncc1. The number of carbonyl (C=O) groups is 1. The quantitative estimate of drug-likeness (QED) is 0.708. The number of nitrogens with one attached hydrogen (secondary N) is 1. The number of nitrogens with zero attached hydrogens (tertiary/aromatic N) is 2. The van der Waals surface area contributed by atoms with Gasteiger partial charge in [0.1, 0.15) is 5.75 Å². The molecule has 1 amide bonds. The topological polar surface area (TPSA) is 99.6 Å². The number of rotatable bonds is 4. The molecule has 0 aliphatic carbocycles. The second-order valence-electron chi connectivity index (χ2n) is 6.32. The molecule has 1 aromatic heterocycles. The summed E-state index contributed by atoms with van der Waals surface area (Å²) >= 11 is 0. The lowest BCUT2D eigenvalue weighted by atomic mass is 10.1. The third kappa shape index (κ3) is 3.18. The Morgan fingerprint density at radius 1 is 1.04 bits per heavy atom. The van der Waals surface area contributed by atoms with E-state index in [0.717, 1.165) is 5.56 Å². The Bertz CT molecular complexity index is 1130. The van der Waals surface area contributed by atoms with Crippen molar-refractivity contribution in [1.82, 2.24) is 4.98 Å². The number of hydrogen-bond acceptors (Lipinski definition) is 5. The number of aromatic hydroxyl groups is 1. The van der Waals surface area contributed by atoms with Gasteiger partial charge in [-0.25, -0.2) is 8.42 Å². The smallest absolute Gasteiger partial charge is 0.264 e. The Balaban J connectivity index is 1.71. The van der Waals surface area contributed by atoms with E-state index >= 15 is 0 Å². The molecule has 0 unspecified atom stereocenters. The highest BCUT2D eigenvalue weighted by Crippen LogP contribution is 2.39. The van der Waals surface area contributed by atoms with Crippen LogP contribution in [0.5, 0.6) is 5.75 Å². The number of para-hydroxylation sites is 1. The summed E-state index contributed by atoms with van der Waals surface area (Å²) in [7, 11) is -3.83. The van der Waals surface area contributed by atoms with E-state index in [0.29, 0.717) is 23.4 Å². The Kier molecular flexibility index (Phi) is 4.48. The molecule has 142 valence electrons. The first kappa shape index (κ1) is 18.0. The Labute approximate surface area is 162 Å². The number of pyridine rings is 1. The molecule has 0 bridgehead atoms. The number of phenolic OH excluding ortho intramolecular Hbond substituents is 1. The van der Waals surface area contributed by atoms with Crippen LogP contribution in [0.15, 0.2) is 71.9 Å². The first-order valence-electron chi connectivity index (χ1n) is 8.62. The molecular formula is C20H17N3O4S. The van der Waals surface area contributed by atoms with Gasteiger partial charge >= 0.3 is 0 Å². The molecule has 0 radical (unpaired) electrons. The minimum Gasteiger partial charge on any atom is -0.508 e. The van der Waals surface area contributed by atoms with Crippen LogP contribution in [0, 0.1) is 0 Å². The summed E-state index contributed by atoms with van der Waals surface area (Å²) in [6.45, 7) is 0.278. The fourth-order valence-electron chi connectivity index (χ4n) is 3.21. The molecule has 8 heteroatoms. The molecule has 2 heterocycles. The maximum atomic E-state index is 13.1. The van der Waals surface area contributed by atoms with E-state index in [1.54, 1.807) is 24.3 Å². The third-order valence-electron chi connectivity index (χ3n) is 4.57. The second-order valence-corrected chi connectivity index (χ2v) is 8.19. The number of amides is 1. The fraction of sp³-hybridized carbons (Fsp3) is 0.100. The molecule has 0 fully saturated rings. The maximum Gasteiger partial charge on any atom is 0.264 e. The van der Waals surface area contributed by atoms with Crippen LogP contribution in [0.1, 0.15) is 15.9 Å². The lowest BCUT2D eigenvalue weighted by Gasteiger charge is -2.22. The number of anilines is 2. The van der Waals surface area contributed by atoms with Crippen LogP contribution in [0.2, 0.25) is 0 Å². The standard InChI is InChI=1S/C20H17N3O4S/c24-16-4-6-17(7-5-16)28(26,27)23-13-10-14-2-1-3-18(19(14)23)22-20(25)15-8-11-21-12-9-15/h1-9,11-12,24H,10,13H2,(H,22,25). The molecule has 3 aromatic rings. The zero-order valence-corrected chi connectivity index (χ0v) is 15.6. The molecule has 4 rings (SSSR count). The molecule has 0 saturated carbocycles. The van der Waals surface area contributed by atoms with E-state index in [9.17, 15) is 18.3 Å². The Morgan fingerprint density at radius 3 is 2.46 bits per heavy atom. The van der Waals surface area contributed by atoms with Gasteiger partial charge < -0.3 is 10.4 Å². The average molecular weight is 395 g/mol. The van der Waals surface area contributed by atoms with Gasteiger partial charge in [0.2, 0.25) is 0 Å². The minimum absolute atomic E-state index is 0.00826. The predicted octanol–water partition coefficient (Wildman–Crippen LogP) is 2.79. The highest BCUT2D eigenvalue weighted by atomic mass is 32.2. The number of fused-ring (bicyclic) bond motifs is 1. The van der Waals surface area contributed by atoms with E-state index in [1.807, 2.05) is 6.07 Å². The molecule has 0 spiro atoms. The monoisotopic (exact) mass is 395 g/mol. The minimum atomic E-state index is -3.83. The zero-order valence-electron chi connectivity index (χ0n) is 14.7. The van der Waals surface area contributed by atoms with Gasteiger partial charge in [0, 0.05) is 24.5 Å². The van der Waals surface area contributed by atoms with Crippen LogP contribution in [0.3, 0.4) is 0 Å². The zero-order chi connectivity index (χ0) is 19.7. The molecular weight excluding hydrogens is 378 g/mol. The summed E-state index contributed by atoms with van der Waals surface area (Å²) in [5.74, 6) is -0.351.